The van der Waals surface area contributed by atoms with Gasteiger partial charge in [-0.25, -0.2) is 9.97 Å². The van der Waals surface area contributed by atoms with Crippen LogP contribution in [-0.2, 0) is 24.8 Å². The summed E-state index contributed by atoms with van der Waals surface area (Å²) in [4.78, 5) is 25.5. The smallest absolute Gasteiger partial charge is 0.250 e. The van der Waals surface area contributed by atoms with E-state index < -0.39 is 0 Å². The highest BCUT2D eigenvalue weighted by Gasteiger charge is 2.34. The van der Waals surface area contributed by atoms with E-state index in [2.05, 4.69) is 32.3 Å². The summed E-state index contributed by atoms with van der Waals surface area (Å²) in [5.74, 6) is 1.54. The first-order valence-electron chi connectivity index (χ1n) is 8.20. The highest BCUT2D eigenvalue weighted by Crippen LogP contribution is 2.26. The first-order chi connectivity index (χ1) is 11.6. The van der Waals surface area contributed by atoms with Gasteiger partial charge in [0.2, 0.25) is 0 Å². The zero-order valence-corrected chi connectivity index (χ0v) is 13.9. The molecule has 1 saturated heterocycles. The molecule has 1 unspecified atom stereocenters. The van der Waals surface area contributed by atoms with E-state index in [1.807, 2.05) is 19.3 Å². The number of rotatable bonds is 3. The fourth-order valence-electron chi connectivity index (χ4n) is 3.35. The predicted molar refractivity (Wildman–Crippen MR) is 89.7 cm³/mol. The van der Waals surface area contributed by atoms with Gasteiger partial charge in [0.1, 0.15) is 18.2 Å². The molecule has 1 N–H and O–H groups in total. The van der Waals surface area contributed by atoms with Crippen molar-refractivity contribution in [3.05, 3.63) is 29.8 Å². The molecule has 8 heteroatoms. The lowest BCUT2D eigenvalue weighted by Crippen LogP contribution is -2.35. The van der Waals surface area contributed by atoms with Crippen LogP contribution in [-0.4, -0.2) is 56.7 Å². The molecule has 2 aliphatic rings. The molecule has 2 aromatic rings. The highest BCUT2D eigenvalue weighted by molar-refractivity contribution is 6.00. The van der Waals surface area contributed by atoms with Crippen LogP contribution in [0.15, 0.2) is 18.6 Å². The van der Waals surface area contributed by atoms with Crippen molar-refractivity contribution < 1.29 is 4.79 Å². The van der Waals surface area contributed by atoms with Gasteiger partial charge in [0.25, 0.3) is 5.91 Å². The maximum atomic E-state index is 12.7. The van der Waals surface area contributed by atoms with Crippen molar-refractivity contribution in [3.8, 4) is 0 Å². The van der Waals surface area contributed by atoms with Crippen molar-refractivity contribution in [2.75, 3.05) is 30.4 Å². The van der Waals surface area contributed by atoms with Crippen LogP contribution in [0, 0.1) is 0 Å². The van der Waals surface area contributed by atoms with Gasteiger partial charge in [0.05, 0.1) is 5.69 Å². The van der Waals surface area contributed by atoms with Gasteiger partial charge >= 0.3 is 0 Å². The summed E-state index contributed by atoms with van der Waals surface area (Å²) in [6.45, 7) is 2.48. The molecule has 24 heavy (non-hydrogen) atoms. The van der Waals surface area contributed by atoms with Gasteiger partial charge in [-0.05, 0) is 13.5 Å². The van der Waals surface area contributed by atoms with E-state index in [1.54, 1.807) is 15.9 Å². The SMILES string of the molecule is CN1CCc2ncnc(NC3CCN(c4ccn(C)n4)C3=O)c2C1. The predicted octanol–water partition coefficient (Wildman–Crippen LogP) is 0.415. The molecule has 1 fully saturated rings. The van der Waals surface area contributed by atoms with Crippen LogP contribution in [0.25, 0.3) is 0 Å². The molecule has 4 heterocycles. The number of carbonyl (C=O) groups excluding carboxylic acids is 1. The monoisotopic (exact) mass is 327 g/mol. The largest absolute Gasteiger partial charge is 0.358 e. The third-order valence-corrected chi connectivity index (χ3v) is 4.69. The summed E-state index contributed by atoms with van der Waals surface area (Å²) in [5, 5.41) is 7.67. The average molecular weight is 327 g/mol. The number of carbonyl (C=O) groups is 1. The van der Waals surface area contributed by atoms with Crippen molar-refractivity contribution in [3.63, 3.8) is 0 Å². The first kappa shape index (κ1) is 15.1. The molecule has 2 aliphatic heterocycles. The zero-order chi connectivity index (χ0) is 16.7. The Labute approximate surface area is 140 Å². The molecule has 0 saturated carbocycles. The summed E-state index contributed by atoms with van der Waals surface area (Å²) < 4.78 is 1.71. The quantitative estimate of drug-likeness (QED) is 0.880. The Hall–Kier alpha value is -2.48. The van der Waals surface area contributed by atoms with Gasteiger partial charge < -0.3 is 10.2 Å². The molecular formula is C16H21N7O. The summed E-state index contributed by atoms with van der Waals surface area (Å²) in [6, 6.07) is 1.60. The maximum absolute atomic E-state index is 12.7. The topological polar surface area (TPSA) is 79.2 Å². The molecule has 126 valence electrons. The molecule has 2 aromatic heterocycles. The van der Waals surface area contributed by atoms with Crippen LogP contribution in [0.4, 0.5) is 11.6 Å². The molecule has 4 rings (SSSR count). The highest BCUT2D eigenvalue weighted by atomic mass is 16.2. The normalized spacial score (nSPS) is 21.2. The number of fused-ring (bicyclic) bond motifs is 1. The Morgan fingerprint density at radius 3 is 2.92 bits per heavy atom. The van der Waals surface area contributed by atoms with Crippen LogP contribution < -0.4 is 10.2 Å². The second-order valence-corrected chi connectivity index (χ2v) is 6.46. The molecule has 8 nitrogen and oxygen atoms in total. The summed E-state index contributed by atoms with van der Waals surface area (Å²) in [6.07, 6.45) is 5.09. The van der Waals surface area contributed by atoms with Crippen LogP contribution in [0.1, 0.15) is 17.7 Å². The Morgan fingerprint density at radius 1 is 1.25 bits per heavy atom. The van der Waals surface area contributed by atoms with Gasteiger partial charge in [-0.3, -0.25) is 14.4 Å². The molecule has 0 aromatic carbocycles. The summed E-state index contributed by atoms with van der Waals surface area (Å²) >= 11 is 0. The van der Waals surface area contributed by atoms with E-state index in [9.17, 15) is 4.79 Å². The van der Waals surface area contributed by atoms with Crippen molar-refractivity contribution in [1.29, 1.82) is 0 Å². The molecule has 1 amide bonds. The number of hydrogen-bond donors (Lipinski definition) is 1. The number of nitrogens with zero attached hydrogens (tertiary/aromatic N) is 6. The number of hydrogen-bond acceptors (Lipinski definition) is 6. The van der Waals surface area contributed by atoms with Gasteiger partial charge in [-0.2, -0.15) is 5.10 Å². The zero-order valence-electron chi connectivity index (χ0n) is 13.9. The second kappa shape index (κ2) is 5.86. The van der Waals surface area contributed by atoms with Crippen molar-refractivity contribution >= 4 is 17.5 Å². The molecule has 0 radical (unpaired) electrons. The lowest BCUT2D eigenvalue weighted by atomic mass is 10.1. The standard InChI is InChI=1S/C16H21N7O/c1-21-6-3-12-11(9-21)15(18-10-17-12)19-13-4-8-23(16(13)24)14-5-7-22(2)20-14/h5,7,10,13H,3-4,6,8-9H2,1-2H3,(H,17,18,19). The number of aromatic nitrogens is 4. The number of likely N-dealkylation sites (N-methyl/N-ethyl adjacent to an activating group) is 1. The fraction of sp³-hybridized carbons (Fsp3) is 0.500. The Balaban J connectivity index is 1.54. The van der Waals surface area contributed by atoms with Gasteiger partial charge in [-0.1, -0.05) is 0 Å². The minimum Gasteiger partial charge on any atom is -0.358 e. The summed E-state index contributed by atoms with van der Waals surface area (Å²) in [7, 11) is 3.94. The van der Waals surface area contributed by atoms with Crippen molar-refractivity contribution in [2.24, 2.45) is 7.05 Å². The van der Waals surface area contributed by atoms with E-state index in [1.165, 1.54) is 0 Å². The lowest BCUT2D eigenvalue weighted by Gasteiger charge is -2.26. The Kier molecular flexibility index (Phi) is 3.68. The molecule has 1 atom stereocenters. The third kappa shape index (κ3) is 2.62. The number of aryl methyl sites for hydroxylation is 1. The van der Waals surface area contributed by atoms with Gasteiger partial charge in [0.15, 0.2) is 5.82 Å². The summed E-state index contributed by atoms with van der Waals surface area (Å²) in [5.41, 5.74) is 2.19. The molecule has 0 spiro atoms. The van der Waals surface area contributed by atoms with E-state index in [0.29, 0.717) is 12.4 Å². The van der Waals surface area contributed by atoms with Crippen molar-refractivity contribution in [1.82, 2.24) is 24.6 Å². The molecule has 0 bridgehead atoms. The van der Waals surface area contributed by atoms with E-state index in [4.69, 9.17) is 0 Å². The van der Waals surface area contributed by atoms with E-state index in [-0.39, 0.29) is 11.9 Å². The van der Waals surface area contributed by atoms with Crippen LogP contribution in [0.5, 0.6) is 0 Å². The number of amides is 1. The fourth-order valence-corrected chi connectivity index (χ4v) is 3.35. The van der Waals surface area contributed by atoms with E-state index >= 15 is 0 Å². The minimum absolute atomic E-state index is 0.0465. The van der Waals surface area contributed by atoms with Crippen molar-refractivity contribution in [2.45, 2.75) is 25.4 Å². The average Bonchev–Trinajstić information content (AvgIpc) is 3.14. The van der Waals surface area contributed by atoms with Crippen LogP contribution in [0.2, 0.25) is 0 Å². The number of nitrogens with one attached hydrogen (secondary N) is 1. The minimum atomic E-state index is -0.266. The van der Waals surface area contributed by atoms with Crippen LogP contribution >= 0.6 is 0 Å². The maximum Gasteiger partial charge on any atom is 0.250 e. The van der Waals surface area contributed by atoms with Crippen LogP contribution in [0.3, 0.4) is 0 Å². The third-order valence-electron chi connectivity index (χ3n) is 4.69. The second-order valence-electron chi connectivity index (χ2n) is 6.46. The van der Waals surface area contributed by atoms with E-state index in [0.717, 1.165) is 43.0 Å². The lowest BCUT2D eigenvalue weighted by molar-refractivity contribution is -0.117. The Morgan fingerprint density at radius 2 is 2.12 bits per heavy atom. The molecule has 0 aliphatic carbocycles. The first-order valence-corrected chi connectivity index (χ1v) is 8.20. The number of anilines is 2. The van der Waals surface area contributed by atoms with Gasteiger partial charge in [-0.15, -0.1) is 0 Å². The Bertz CT molecular complexity index is 772. The van der Waals surface area contributed by atoms with Gasteiger partial charge in [0, 0.05) is 50.9 Å². The molecular weight excluding hydrogens is 306 g/mol.